The summed E-state index contributed by atoms with van der Waals surface area (Å²) < 4.78 is 1.88. The highest BCUT2D eigenvalue weighted by Gasteiger charge is 2.26. The molecule has 3 aliphatic heterocycles. The van der Waals surface area contributed by atoms with Crippen molar-refractivity contribution in [3.8, 4) is 11.5 Å². The number of rotatable bonds is 3. The van der Waals surface area contributed by atoms with E-state index in [2.05, 4.69) is 21.9 Å². The summed E-state index contributed by atoms with van der Waals surface area (Å²) in [5.41, 5.74) is 7.44. The van der Waals surface area contributed by atoms with Crippen LogP contribution < -0.4 is 5.73 Å². The Kier molecular flexibility index (Phi) is 4.69. The molecule has 136 valence electrons. The van der Waals surface area contributed by atoms with Crippen molar-refractivity contribution in [3.63, 3.8) is 0 Å². The molecule has 2 N–H and O–H groups in total. The van der Waals surface area contributed by atoms with Crippen LogP contribution >= 0.6 is 23.2 Å². The van der Waals surface area contributed by atoms with E-state index in [9.17, 15) is 0 Å². The summed E-state index contributed by atoms with van der Waals surface area (Å²) in [6.45, 7) is 2.52. The van der Waals surface area contributed by atoms with Crippen LogP contribution in [0.1, 0.15) is 30.1 Å². The number of hydrogen-bond acceptors (Lipinski definition) is 6. The minimum Gasteiger partial charge on any atom is -0.382 e. The van der Waals surface area contributed by atoms with E-state index < -0.39 is 0 Å². The van der Waals surface area contributed by atoms with Crippen LogP contribution in [-0.2, 0) is 6.54 Å². The van der Waals surface area contributed by atoms with Gasteiger partial charge in [-0.2, -0.15) is 0 Å². The molecular weight excluding hydrogens is 373 g/mol. The fraction of sp³-hybridized carbons (Fsp3) is 0.412. The normalized spacial score (nSPS) is 16.4. The van der Waals surface area contributed by atoms with Gasteiger partial charge in [0.15, 0.2) is 17.3 Å². The lowest BCUT2D eigenvalue weighted by Gasteiger charge is -2.27. The maximum absolute atomic E-state index is 6.26. The van der Waals surface area contributed by atoms with Gasteiger partial charge in [-0.1, -0.05) is 23.2 Å². The maximum atomic E-state index is 6.26. The first-order valence-electron chi connectivity index (χ1n) is 8.47. The van der Waals surface area contributed by atoms with Gasteiger partial charge < -0.3 is 15.2 Å². The first-order chi connectivity index (χ1) is 12.5. The van der Waals surface area contributed by atoms with Gasteiger partial charge in [-0.25, -0.2) is 15.0 Å². The number of fused-ring (bicyclic) bond motifs is 1. The van der Waals surface area contributed by atoms with E-state index >= 15 is 0 Å². The molecule has 0 bridgehead atoms. The molecule has 0 unspecified atom stereocenters. The molecule has 0 radical (unpaired) electrons. The molecule has 0 amide bonds. The lowest BCUT2D eigenvalue weighted by atomic mass is 9.97. The van der Waals surface area contributed by atoms with E-state index in [0.29, 0.717) is 39.8 Å². The van der Waals surface area contributed by atoms with Crippen molar-refractivity contribution in [1.29, 1.82) is 0 Å². The number of imidazole rings is 1. The average molecular weight is 392 g/mol. The third-order valence-electron chi connectivity index (χ3n) is 4.87. The topological polar surface area (TPSA) is 85.8 Å². The van der Waals surface area contributed by atoms with Gasteiger partial charge in [0.2, 0.25) is 0 Å². The van der Waals surface area contributed by atoms with Crippen molar-refractivity contribution in [1.82, 2.24) is 29.4 Å². The van der Waals surface area contributed by atoms with Crippen LogP contribution in [0.15, 0.2) is 18.7 Å². The minimum atomic E-state index is 0.347. The summed E-state index contributed by atoms with van der Waals surface area (Å²) in [7, 11) is 2.14. The first-order valence-corrected chi connectivity index (χ1v) is 9.23. The van der Waals surface area contributed by atoms with E-state index in [1.165, 1.54) is 0 Å². The van der Waals surface area contributed by atoms with Crippen molar-refractivity contribution in [3.05, 3.63) is 40.2 Å². The Hall–Kier alpha value is -1.96. The molecule has 26 heavy (non-hydrogen) atoms. The predicted molar refractivity (Wildman–Crippen MR) is 102 cm³/mol. The quantitative estimate of drug-likeness (QED) is 0.738. The number of hydrogen-bond donors (Lipinski definition) is 1. The Morgan fingerprint density at radius 3 is 2.54 bits per heavy atom. The lowest BCUT2D eigenvalue weighted by molar-refractivity contribution is 0.251. The van der Waals surface area contributed by atoms with Crippen LogP contribution in [-0.4, -0.2) is 49.5 Å². The second-order valence-corrected chi connectivity index (χ2v) is 7.49. The Labute approximate surface area is 161 Å². The number of piperidine rings is 1. The number of aromatic nitrogens is 5. The highest BCUT2D eigenvalue weighted by molar-refractivity contribution is 6.35. The molecule has 9 heteroatoms. The zero-order valence-corrected chi connectivity index (χ0v) is 15.9. The SMILES string of the molecule is CN1CCC(c2nc3c(N)ncn(Cc4c(Cl)cncc4Cl)c-3n2)CC1. The Morgan fingerprint density at radius 2 is 1.85 bits per heavy atom. The molecule has 3 aliphatic rings. The fourth-order valence-electron chi connectivity index (χ4n) is 3.30. The zero-order valence-electron chi connectivity index (χ0n) is 14.4. The number of nitrogens with zero attached hydrogens (tertiary/aromatic N) is 6. The summed E-state index contributed by atoms with van der Waals surface area (Å²) >= 11 is 12.5. The van der Waals surface area contributed by atoms with Gasteiger partial charge in [-0.05, 0) is 33.0 Å². The molecule has 0 saturated carbocycles. The summed E-state index contributed by atoms with van der Waals surface area (Å²) in [6, 6.07) is 0. The van der Waals surface area contributed by atoms with Crippen molar-refractivity contribution in [2.24, 2.45) is 0 Å². The minimum absolute atomic E-state index is 0.347. The summed E-state index contributed by atoms with van der Waals surface area (Å²) in [5.74, 6) is 2.28. The largest absolute Gasteiger partial charge is 0.382 e. The van der Waals surface area contributed by atoms with Crippen LogP contribution in [0, 0.1) is 0 Å². The van der Waals surface area contributed by atoms with Crippen molar-refractivity contribution < 1.29 is 0 Å². The zero-order chi connectivity index (χ0) is 18.3. The molecule has 0 spiro atoms. The molecule has 0 aromatic carbocycles. The Bertz CT molecular complexity index is 882. The molecule has 1 aromatic heterocycles. The summed E-state index contributed by atoms with van der Waals surface area (Å²) in [4.78, 5) is 20.1. The maximum Gasteiger partial charge on any atom is 0.166 e. The monoisotopic (exact) mass is 391 g/mol. The predicted octanol–water partition coefficient (Wildman–Crippen LogP) is 2.92. The van der Waals surface area contributed by atoms with Gasteiger partial charge in [0.05, 0.1) is 22.9 Å². The van der Waals surface area contributed by atoms with E-state index in [0.717, 1.165) is 37.3 Å². The van der Waals surface area contributed by atoms with Gasteiger partial charge in [-0.15, -0.1) is 0 Å². The molecule has 4 rings (SSSR count). The number of halogens is 2. The molecular formula is C17H19Cl2N7. The van der Waals surface area contributed by atoms with Crippen LogP contribution in [0.5, 0.6) is 0 Å². The van der Waals surface area contributed by atoms with E-state index in [1.54, 1.807) is 18.7 Å². The van der Waals surface area contributed by atoms with E-state index in [1.807, 2.05) is 4.57 Å². The lowest BCUT2D eigenvalue weighted by Crippen LogP contribution is -2.29. The van der Waals surface area contributed by atoms with Crippen molar-refractivity contribution in [2.75, 3.05) is 25.9 Å². The van der Waals surface area contributed by atoms with Crippen LogP contribution in [0.4, 0.5) is 5.82 Å². The third-order valence-corrected chi connectivity index (χ3v) is 5.53. The van der Waals surface area contributed by atoms with Crippen LogP contribution in [0.3, 0.4) is 0 Å². The third kappa shape index (κ3) is 3.22. The second-order valence-electron chi connectivity index (χ2n) is 6.67. The van der Waals surface area contributed by atoms with Gasteiger partial charge in [0.1, 0.15) is 5.82 Å². The first kappa shape index (κ1) is 17.5. The highest BCUT2D eigenvalue weighted by Crippen LogP contribution is 2.32. The molecule has 4 heterocycles. The number of pyridine rings is 1. The molecule has 7 nitrogen and oxygen atoms in total. The fourth-order valence-corrected chi connectivity index (χ4v) is 3.78. The molecule has 1 aromatic rings. The van der Waals surface area contributed by atoms with Crippen molar-refractivity contribution >= 4 is 29.0 Å². The standard InChI is InChI=1S/C17H19Cl2N7/c1-25-4-2-10(3-5-25)16-23-14-15(20)22-9-26(17(14)24-16)8-11-12(18)6-21-7-13(11)19/h6-7,9-10H,2-5,8,20H2,1H3. The summed E-state index contributed by atoms with van der Waals surface area (Å²) in [5, 5.41) is 1.01. The van der Waals surface area contributed by atoms with Crippen LogP contribution in [0.2, 0.25) is 10.0 Å². The number of nitrogen functional groups attached to an aromatic ring is 1. The van der Waals surface area contributed by atoms with Crippen LogP contribution in [0.25, 0.3) is 11.5 Å². The second kappa shape index (κ2) is 6.98. The molecule has 1 saturated heterocycles. The van der Waals surface area contributed by atoms with E-state index in [4.69, 9.17) is 38.9 Å². The Balaban J connectivity index is 1.71. The molecule has 1 fully saturated rings. The number of likely N-dealkylation sites (tertiary alicyclic amines) is 1. The smallest absolute Gasteiger partial charge is 0.166 e. The van der Waals surface area contributed by atoms with Gasteiger partial charge in [0.25, 0.3) is 0 Å². The molecule has 0 aliphatic carbocycles. The van der Waals surface area contributed by atoms with Crippen molar-refractivity contribution in [2.45, 2.75) is 25.3 Å². The number of nitrogens with two attached hydrogens (primary N) is 1. The van der Waals surface area contributed by atoms with E-state index in [-0.39, 0.29) is 0 Å². The number of anilines is 1. The average Bonchev–Trinajstić information content (AvgIpc) is 3.07. The highest BCUT2D eigenvalue weighted by atomic mass is 35.5. The van der Waals surface area contributed by atoms with Gasteiger partial charge in [0, 0.05) is 23.9 Å². The van der Waals surface area contributed by atoms with Gasteiger partial charge in [-0.3, -0.25) is 4.98 Å². The van der Waals surface area contributed by atoms with Gasteiger partial charge >= 0.3 is 0 Å². The molecule has 0 atom stereocenters. The Morgan fingerprint density at radius 1 is 1.15 bits per heavy atom. The summed E-state index contributed by atoms with van der Waals surface area (Å²) in [6.07, 6.45) is 6.89.